The van der Waals surface area contributed by atoms with Crippen molar-refractivity contribution in [1.29, 1.82) is 0 Å². The first kappa shape index (κ1) is 21.2. The number of halogens is 2. The van der Waals surface area contributed by atoms with Crippen molar-refractivity contribution in [3.8, 4) is 5.75 Å². The molecule has 0 saturated heterocycles. The minimum atomic E-state index is -0.401. The molecule has 0 aliphatic carbocycles. The van der Waals surface area contributed by atoms with Crippen molar-refractivity contribution in [2.24, 2.45) is 4.99 Å². The van der Waals surface area contributed by atoms with Crippen LogP contribution in [0.15, 0.2) is 53.5 Å². The highest BCUT2D eigenvalue weighted by atomic mass is 127. The van der Waals surface area contributed by atoms with Crippen LogP contribution in [0.2, 0.25) is 0 Å². The van der Waals surface area contributed by atoms with Gasteiger partial charge in [-0.15, -0.1) is 24.0 Å². The van der Waals surface area contributed by atoms with Gasteiger partial charge >= 0.3 is 0 Å². The van der Waals surface area contributed by atoms with Gasteiger partial charge in [0.2, 0.25) is 0 Å². The Labute approximate surface area is 164 Å². The van der Waals surface area contributed by atoms with Gasteiger partial charge in [-0.05, 0) is 29.8 Å². The fourth-order valence-corrected chi connectivity index (χ4v) is 2.12. The van der Waals surface area contributed by atoms with Crippen LogP contribution in [0.25, 0.3) is 0 Å². The molecular formula is C18H23FIN3O2. The summed E-state index contributed by atoms with van der Waals surface area (Å²) in [5, 5.41) is 15.4. The van der Waals surface area contributed by atoms with Crippen molar-refractivity contribution >= 4 is 29.9 Å². The summed E-state index contributed by atoms with van der Waals surface area (Å²) < 4.78 is 18.9. The molecular weight excluding hydrogens is 436 g/mol. The molecule has 0 aromatic heterocycles. The Bertz CT molecular complexity index is 669. The lowest BCUT2D eigenvalue weighted by molar-refractivity contribution is 0.275. The van der Waals surface area contributed by atoms with Gasteiger partial charge < -0.3 is 20.5 Å². The lowest BCUT2D eigenvalue weighted by atomic mass is 10.1. The second kappa shape index (κ2) is 11.6. The van der Waals surface area contributed by atoms with E-state index < -0.39 is 5.82 Å². The number of guanidine groups is 1. The third kappa shape index (κ3) is 7.27. The molecule has 0 heterocycles. The summed E-state index contributed by atoms with van der Waals surface area (Å²) in [5.41, 5.74) is 1.15. The lowest BCUT2D eigenvalue weighted by Gasteiger charge is -2.13. The highest BCUT2D eigenvalue weighted by molar-refractivity contribution is 14.0. The molecule has 7 heteroatoms. The fourth-order valence-electron chi connectivity index (χ4n) is 2.12. The Morgan fingerprint density at radius 2 is 1.92 bits per heavy atom. The molecule has 0 bridgehead atoms. The largest absolute Gasteiger partial charge is 0.492 e. The predicted molar refractivity (Wildman–Crippen MR) is 108 cm³/mol. The van der Waals surface area contributed by atoms with Gasteiger partial charge in [-0.2, -0.15) is 0 Å². The quantitative estimate of drug-likeness (QED) is 0.258. The van der Waals surface area contributed by atoms with E-state index in [2.05, 4.69) is 15.6 Å². The van der Waals surface area contributed by atoms with E-state index in [1.54, 1.807) is 19.2 Å². The van der Waals surface area contributed by atoms with Crippen LogP contribution in [-0.4, -0.2) is 31.3 Å². The Morgan fingerprint density at radius 3 is 2.60 bits per heavy atom. The summed E-state index contributed by atoms with van der Waals surface area (Å²) in [6.07, 6.45) is 0. The van der Waals surface area contributed by atoms with Gasteiger partial charge in [0.1, 0.15) is 18.2 Å². The third-order valence-electron chi connectivity index (χ3n) is 3.37. The monoisotopic (exact) mass is 459 g/mol. The number of nitrogens with zero attached hydrogens (tertiary/aromatic N) is 1. The first-order valence-corrected chi connectivity index (χ1v) is 7.73. The summed E-state index contributed by atoms with van der Waals surface area (Å²) in [5.74, 6) is 1.05. The van der Waals surface area contributed by atoms with Gasteiger partial charge in [-0.3, -0.25) is 4.99 Å². The zero-order valence-corrected chi connectivity index (χ0v) is 16.4. The lowest BCUT2D eigenvalue weighted by Crippen LogP contribution is -2.38. The molecule has 5 nitrogen and oxygen atoms in total. The first-order chi connectivity index (χ1) is 11.7. The van der Waals surface area contributed by atoms with Crippen molar-refractivity contribution in [2.45, 2.75) is 13.2 Å². The average molecular weight is 459 g/mol. The molecule has 0 spiro atoms. The van der Waals surface area contributed by atoms with E-state index in [4.69, 9.17) is 9.84 Å². The number of aliphatic hydroxyl groups is 1. The maximum Gasteiger partial charge on any atom is 0.191 e. The SMILES string of the molecule is CN=C(NCCOc1ccccc1)NCc1ccc(F)c(CO)c1.I. The van der Waals surface area contributed by atoms with Crippen molar-refractivity contribution < 1.29 is 14.2 Å². The normalized spacial score (nSPS) is 10.8. The Balaban J connectivity index is 0.00000312. The van der Waals surface area contributed by atoms with Gasteiger partial charge in [-0.25, -0.2) is 4.39 Å². The van der Waals surface area contributed by atoms with Crippen LogP contribution < -0.4 is 15.4 Å². The first-order valence-electron chi connectivity index (χ1n) is 7.73. The van der Waals surface area contributed by atoms with E-state index in [1.807, 2.05) is 30.3 Å². The summed E-state index contributed by atoms with van der Waals surface area (Å²) in [4.78, 5) is 4.12. The van der Waals surface area contributed by atoms with Crippen LogP contribution in [0.5, 0.6) is 5.75 Å². The van der Waals surface area contributed by atoms with Crippen molar-refractivity contribution in [2.75, 3.05) is 20.2 Å². The number of ether oxygens (including phenoxy) is 1. The molecule has 136 valence electrons. The van der Waals surface area contributed by atoms with E-state index in [-0.39, 0.29) is 36.1 Å². The predicted octanol–water partition coefficient (Wildman–Crippen LogP) is 2.68. The molecule has 0 amide bonds. The fraction of sp³-hybridized carbons (Fsp3) is 0.278. The van der Waals surface area contributed by atoms with Gasteiger partial charge in [0.25, 0.3) is 0 Å². The van der Waals surface area contributed by atoms with Crippen LogP contribution >= 0.6 is 24.0 Å². The number of para-hydroxylation sites is 1. The Morgan fingerprint density at radius 1 is 1.16 bits per heavy atom. The van der Waals surface area contributed by atoms with Crippen molar-refractivity contribution in [3.63, 3.8) is 0 Å². The summed E-state index contributed by atoms with van der Waals surface area (Å²) in [7, 11) is 1.68. The second-order valence-corrected chi connectivity index (χ2v) is 5.10. The zero-order valence-electron chi connectivity index (χ0n) is 14.0. The molecule has 3 N–H and O–H groups in total. The molecule has 0 aliphatic rings. The van der Waals surface area contributed by atoms with E-state index in [1.165, 1.54) is 6.07 Å². The second-order valence-electron chi connectivity index (χ2n) is 5.10. The van der Waals surface area contributed by atoms with Crippen molar-refractivity contribution in [1.82, 2.24) is 10.6 Å². The van der Waals surface area contributed by atoms with Gasteiger partial charge in [0.15, 0.2) is 5.96 Å². The number of benzene rings is 2. The molecule has 0 radical (unpaired) electrons. The molecule has 0 fully saturated rings. The molecule has 0 aliphatic heterocycles. The van der Waals surface area contributed by atoms with Gasteiger partial charge in [-0.1, -0.05) is 24.3 Å². The summed E-state index contributed by atoms with van der Waals surface area (Å²) in [6, 6.07) is 14.3. The van der Waals surface area contributed by atoms with Crippen LogP contribution in [0.4, 0.5) is 4.39 Å². The average Bonchev–Trinajstić information content (AvgIpc) is 2.63. The maximum atomic E-state index is 13.4. The molecule has 2 aromatic rings. The van der Waals surface area contributed by atoms with Gasteiger partial charge in [0, 0.05) is 19.2 Å². The standard InChI is InChI=1S/C18H22FN3O2.HI/c1-20-18(21-9-10-24-16-5-3-2-4-6-16)22-12-14-7-8-17(19)15(11-14)13-23;/h2-8,11,23H,9-10,12-13H2,1H3,(H2,20,21,22);1H. The molecule has 2 aromatic carbocycles. The van der Waals surface area contributed by atoms with E-state index in [0.29, 0.717) is 25.7 Å². The summed E-state index contributed by atoms with van der Waals surface area (Å²) >= 11 is 0. The minimum Gasteiger partial charge on any atom is -0.492 e. The topological polar surface area (TPSA) is 65.9 Å². The third-order valence-corrected chi connectivity index (χ3v) is 3.37. The number of aliphatic hydroxyl groups excluding tert-OH is 1. The van der Waals surface area contributed by atoms with Crippen molar-refractivity contribution in [3.05, 3.63) is 65.5 Å². The van der Waals surface area contributed by atoms with Gasteiger partial charge in [0.05, 0.1) is 13.2 Å². The van der Waals surface area contributed by atoms with Crippen LogP contribution in [0.3, 0.4) is 0 Å². The van der Waals surface area contributed by atoms with Crippen LogP contribution in [0.1, 0.15) is 11.1 Å². The molecule has 25 heavy (non-hydrogen) atoms. The number of hydrogen-bond donors (Lipinski definition) is 3. The zero-order chi connectivity index (χ0) is 17.2. The molecule has 0 atom stereocenters. The maximum absolute atomic E-state index is 13.4. The number of aliphatic imine (C=N–C) groups is 1. The van der Waals surface area contributed by atoms with Crippen LogP contribution in [0, 0.1) is 5.82 Å². The van der Waals surface area contributed by atoms with Crippen LogP contribution in [-0.2, 0) is 13.2 Å². The Hall–Kier alpha value is -1.87. The highest BCUT2D eigenvalue weighted by Gasteiger charge is 2.03. The highest BCUT2D eigenvalue weighted by Crippen LogP contribution is 2.10. The van der Waals surface area contributed by atoms with E-state index in [0.717, 1.165) is 11.3 Å². The molecule has 0 unspecified atom stereocenters. The number of hydrogen-bond acceptors (Lipinski definition) is 3. The van der Waals surface area contributed by atoms with E-state index in [9.17, 15) is 4.39 Å². The molecule has 2 rings (SSSR count). The summed E-state index contributed by atoms with van der Waals surface area (Å²) in [6.45, 7) is 1.27. The van der Waals surface area contributed by atoms with E-state index >= 15 is 0 Å². The smallest absolute Gasteiger partial charge is 0.191 e. The molecule has 0 saturated carbocycles. The number of rotatable bonds is 7. The number of nitrogens with one attached hydrogen (secondary N) is 2. The Kier molecular flexibility index (Phi) is 9.86. The minimum absolute atomic E-state index is 0.